The quantitative estimate of drug-likeness (QED) is 0.675. The van der Waals surface area contributed by atoms with E-state index in [9.17, 15) is 0 Å². The molecule has 0 radical (unpaired) electrons. The Kier molecular flexibility index (Phi) is 4.30. The van der Waals surface area contributed by atoms with Crippen molar-refractivity contribution in [2.45, 2.75) is 6.61 Å². The predicted molar refractivity (Wildman–Crippen MR) is 80.9 cm³/mol. The average molecular weight is 355 g/mol. The van der Waals surface area contributed by atoms with Crippen LogP contribution < -0.4 is 15.2 Å². The van der Waals surface area contributed by atoms with Crippen LogP contribution in [0.5, 0.6) is 11.5 Å². The molecule has 94 valence electrons. The summed E-state index contributed by atoms with van der Waals surface area (Å²) < 4.78 is 12.0. The summed E-state index contributed by atoms with van der Waals surface area (Å²) >= 11 is 2.25. The molecule has 0 bridgehead atoms. The Hall–Kier alpha value is -1.43. The van der Waals surface area contributed by atoms with Gasteiger partial charge < -0.3 is 15.2 Å². The van der Waals surface area contributed by atoms with Crippen LogP contribution >= 0.6 is 22.6 Å². The number of para-hydroxylation sites is 1. The van der Waals surface area contributed by atoms with Gasteiger partial charge in [0.05, 0.1) is 10.7 Å². The molecule has 2 aromatic rings. The maximum absolute atomic E-state index is 5.80. The first-order valence-corrected chi connectivity index (χ1v) is 6.57. The minimum Gasteiger partial charge on any atom is -0.497 e. The number of nitrogens with two attached hydrogens (primary N) is 1. The molecule has 0 heterocycles. The summed E-state index contributed by atoms with van der Waals surface area (Å²) in [7, 11) is 1.62. The van der Waals surface area contributed by atoms with E-state index in [0.29, 0.717) is 12.3 Å². The van der Waals surface area contributed by atoms with E-state index in [2.05, 4.69) is 22.6 Å². The van der Waals surface area contributed by atoms with E-state index in [0.717, 1.165) is 20.6 Å². The van der Waals surface area contributed by atoms with Crippen molar-refractivity contribution < 1.29 is 9.47 Å². The molecule has 0 aliphatic carbocycles. The maximum Gasteiger partial charge on any atom is 0.133 e. The molecule has 2 aromatic carbocycles. The summed E-state index contributed by atoms with van der Waals surface area (Å²) in [6, 6.07) is 13.5. The zero-order valence-electron chi connectivity index (χ0n) is 10.0. The molecule has 3 nitrogen and oxygen atoms in total. The molecule has 0 aromatic heterocycles. The van der Waals surface area contributed by atoms with Gasteiger partial charge in [-0.1, -0.05) is 12.1 Å². The lowest BCUT2D eigenvalue weighted by molar-refractivity contribution is 0.303. The molecule has 0 saturated carbocycles. The molecular weight excluding hydrogens is 341 g/mol. The van der Waals surface area contributed by atoms with Gasteiger partial charge in [0.1, 0.15) is 18.1 Å². The van der Waals surface area contributed by atoms with Crippen LogP contribution in [-0.4, -0.2) is 7.11 Å². The molecule has 0 saturated heterocycles. The zero-order valence-corrected chi connectivity index (χ0v) is 12.2. The number of benzene rings is 2. The van der Waals surface area contributed by atoms with E-state index in [1.54, 1.807) is 13.2 Å². The van der Waals surface area contributed by atoms with Crippen LogP contribution in [0.4, 0.5) is 5.69 Å². The number of hydrogen-bond donors (Lipinski definition) is 1. The summed E-state index contributed by atoms with van der Waals surface area (Å²) in [5, 5.41) is 0. The van der Waals surface area contributed by atoms with Gasteiger partial charge in [-0.15, -0.1) is 0 Å². The highest BCUT2D eigenvalue weighted by Gasteiger charge is 2.02. The molecule has 0 aliphatic heterocycles. The summed E-state index contributed by atoms with van der Waals surface area (Å²) in [5.74, 6) is 1.62. The van der Waals surface area contributed by atoms with Crippen molar-refractivity contribution in [3.63, 3.8) is 0 Å². The van der Waals surface area contributed by atoms with Crippen molar-refractivity contribution in [2.75, 3.05) is 12.8 Å². The second kappa shape index (κ2) is 5.95. The van der Waals surface area contributed by atoms with E-state index >= 15 is 0 Å². The smallest absolute Gasteiger partial charge is 0.133 e. The molecular formula is C14H14INO2. The number of methoxy groups -OCH3 is 1. The molecule has 0 atom stereocenters. The Labute approximate surface area is 120 Å². The largest absolute Gasteiger partial charge is 0.497 e. The molecule has 0 spiro atoms. The third kappa shape index (κ3) is 3.29. The first-order chi connectivity index (χ1) is 8.69. The van der Waals surface area contributed by atoms with Crippen LogP contribution in [0.15, 0.2) is 42.5 Å². The predicted octanol–water partition coefficient (Wildman–Crippen LogP) is 3.46. The van der Waals surface area contributed by atoms with Gasteiger partial charge in [0.15, 0.2) is 0 Å². The Morgan fingerprint density at radius 3 is 2.67 bits per heavy atom. The Bertz CT molecular complexity index is 543. The summed E-state index contributed by atoms with van der Waals surface area (Å²) in [5.41, 5.74) is 7.47. The summed E-state index contributed by atoms with van der Waals surface area (Å²) in [4.78, 5) is 0. The molecule has 0 aliphatic rings. The lowest BCUT2D eigenvalue weighted by atomic mass is 10.2. The van der Waals surface area contributed by atoms with Crippen LogP contribution in [0.2, 0.25) is 0 Å². The fourth-order valence-electron chi connectivity index (χ4n) is 1.61. The van der Waals surface area contributed by atoms with Gasteiger partial charge in [-0.2, -0.15) is 0 Å². The number of hydrogen-bond acceptors (Lipinski definition) is 3. The number of ether oxygens (including phenoxy) is 2. The Morgan fingerprint density at radius 2 is 1.94 bits per heavy atom. The standard InChI is InChI=1S/C14H14INO2/c1-17-12-7-10(6-11(16)8-12)9-18-14-5-3-2-4-13(14)15/h2-8H,9,16H2,1H3. The number of anilines is 1. The van der Waals surface area contributed by atoms with E-state index < -0.39 is 0 Å². The van der Waals surface area contributed by atoms with Crippen LogP contribution in [-0.2, 0) is 6.61 Å². The second-order valence-electron chi connectivity index (χ2n) is 3.83. The molecule has 2 N–H and O–H groups in total. The van der Waals surface area contributed by atoms with Crippen molar-refractivity contribution in [3.8, 4) is 11.5 Å². The molecule has 0 unspecified atom stereocenters. The topological polar surface area (TPSA) is 44.5 Å². The third-order valence-electron chi connectivity index (χ3n) is 2.46. The number of halogens is 1. The van der Waals surface area contributed by atoms with Crippen molar-refractivity contribution in [2.24, 2.45) is 0 Å². The van der Waals surface area contributed by atoms with Gasteiger partial charge in [0, 0.05) is 11.8 Å². The summed E-state index contributed by atoms with van der Waals surface area (Å²) in [6.45, 7) is 0.474. The maximum atomic E-state index is 5.80. The highest BCUT2D eigenvalue weighted by molar-refractivity contribution is 14.1. The monoisotopic (exact) mass is 355 g/mol. The van der Waals surface area contributed by atoms with Gasteiger partial charge in [0.25, 0.3) is 0 Å². The molecule has 0 amide bonds. The second-order valence-corrected chi connectivity index (χ2v) is 5.00. The van der Waals surface area contributed by atoms with E-state index in [1.807, 2.05) is 36.4 Å². The highest BCUT2D eigenvalue weighted by atomic mass is 127. The first kappa shape index (κ1) is 13.0. The van der Waals surface area contributed by atoms with Crippen molar-refractivity contribution in [1.29, 1.82) is 0 Å². The number of nitrogen functional groups attached to an aromatic ring is 1. The fraction of sp³-hybridized carbons (Fsp3) is 0.143. The van der Waals surface area contributed by atoms with E-state index in [-0.39, 0.29) is 0 Å². The van der Waals surface area contributed by atoms with Gasteiger partial charge in [-0.05, 0) is 52.4 Å². The van der Waals surface area contributed by atoms with Crippen LogP contribution in [0.1, 0.15) is 5.56 Å². The highest BCUT2D eigenvalue weighted by Crippen LogP contribution is 2.23. The van der Waals surface area contributed by atoms with Crippen LogP contribution in [0.3, 0.4) is 0 Å². The lowest BCUT2D eigenvalue weighted by Crippen LogP contribution is -1.99. The van der Waals surface area contributed by atoms with Gasteiger partial charge in [-0.25, -0.2) is 0 Å². The lowest BCUT2D eigenvalue weighted by Gasteiger charge is -2.10. The Balaban J connectivity index is 2.11. The van der Waals surface area contributed by atoms with Crippen molar-refractivity contribution in [3.05, 3.63) is 51.6 Å². The van der Waals surface area contributed by atoms with Gasteiger partial charge in [-0.3, -0.25) is 0 Å². The van der Waals surface area contributed by atoms with Crippen LogP contribution in [0, 0.1) is 3.57 Å². The minimum atomic E-state index is 0.474. The first-order valence-electron chi connectivity index (χ1n) is 5.50. The molecule has 0 fully saturated rings. The van der Waals surface area contributed by atoms with Crippen LogP contribution in [0.25, 0.3) is 0 Å². The van der Waals surface area contributed by atoms with E-state index in [1.165, 1.54) is 0 Å². The SMILES string of the molecule is COc1cc(N)cc(COc2ccccc2I)c1. The minimum absolute atomic E-state index is 0.474. The average Bonchev–Trinajstić information content (AvgIpc) is 2.37. The van der Waals surface area contributed by atoms with Crippen molar-refractivity contribution >= 4 is 28.3 Å². The van der Waals surface area contributed by atoms with Gasteiger partial charge >= 0.3 is 0 Å². The molecule has 4 heteroatoms. The summed E-state index contributed by atoms with van der Waals surface area (Å²) in [6.07, 6.45) is 0. The molecule has 18 heavy (non-hydrogen) atoms. The number of rotatable bonds is 4. The normalized spacial score (nSPS) is 10.1. The third-order valence-corrected chi connectivity index (χ3v) is 3.35. The van der Waals surface area contributed by atoms with Crippen molar-refractivity contribution in [1.82, 2.24) is 0 Å². The van der Waals surface area contributed by atoms with Gasteiger partial charge in [0.2, 0.25) is 0 Å². The zero-order chi connectivity index (χ0) is 13.0. The van der Waals surface area contributed by atoms with E-state index in [4.69, 9.17) is 15.2 Å². The Morgan fingerprint density at radius 1 is 1.17 bits per heavy atom. The fourth-order valence-corrected chi connectivity index (χ4v) is 2.15. The molecule has 2 rings (SSSR count).